The number of benzene rings is 8. The maximum atomic E-state index is 7.00. The van der Waals surface area contributed by atoms with Gasteiger partial charge in [-0.1, -0.05) is 140 Å². The van der Waals surface area contributed by atoms with E-state index in [1.165, 1.54) is 22.3 Å². The lowest BCUT2D eigenvalue weighted by Gasteiger charge is -2.31. The van der Waals surface area contributed by atoms with E-state index in [1.807, 2.05) is 0 Å². The van der Waals surface area contributed by atoms with Crippen molar-refractivity contribution in [1.82, 2.24) is 0 Å². The molecule has 1 aromatic heterocycles. The fraction of sp³-hybridized carbons (Fsp3) is 0. The second kappa shape index (κ2) is 11.9. The van der Waals surface area contributed by atoms with Crippen molar-refractivity contribution < 1.29 is 4.42 Å². The molecule has 0 saturated carbocycles. The first-order chi connectivity index (χ1) is 25.3. The SMILES string of the molecule is c1ccc(-c2ccc(N3c4cc(-c5ccccc5)cc(c4)N(c4ccc(-c5ccccc5)cc4)c4cccc5c4oc4c3cccc45)cc2)cc1. The second-order valence-corrected chi connectivity index (χ2v) is 13.0. The average molecular weight is 653 g/mol. The van der Waals surface area contributed by atoms with Gasteiger partial charge in [-0.25, -0.2) is 0 Å². The molecule has 0 amide bonds. The molecule has 0 radical (unpaired) electrons. The number of rotatable bonds is 5. The highest BCUT2D eigenvalue weighted by Crippen LogP contribution is 2.50. The van der Waals surface area contributed by atoms with E-state index in [1.54, 1.807) is 0 Å². The van der Waals surface area contributed by atoms with Crippen molar-refractivity contribution in [2.75, 3.05) is 9.80 Å². The zero-order valence-electron chi connectivity index (χ0n) is 27.8. The predicted octanol–water partition coefficient (Wildman–Crippen LogP) is 13.8. The summed E-state index contributed by atoms with van der Waals surface area (Å²) in [5.74, 6) is 0. The number of hydrogen-bond donors (Lipinski definition) is 0. The summed E-state index contributed by atoms with van der Waals surface area (Å²) in [5, 5.41) is 2.18. The summed E-state index contributed by atoms with van der Waals surface area (Å²) in [6, 6.07) is 69.3. The second-order valence-electron chi connectivity index (χ2n) is 13.0. The average Bonchev–Trinajstić information content (AvgIpc) is 3.60. The van der Waals surface area contributed by atoms with Gasteiger partial charge in [0.05, 0.1) is 11.4 Å². The summed E-state index contributed by atoms with van der Waals surface area (Å²) >= 11 is 0. The lowest BCUT2D eigenvalue weighted by atomic mass is 10.0. The number of para-hydroxylation sites is 2. The monoisotopic (exact) mass is 652 g/mol. The summed E-state index contributed by atoms with van der Waals surface area (Å²) in [6.45, 7) is 0. The largest absolute Gasteiger partial charge is 0.452 e. The third-order valence-corrected chi connectivity index (χ3v) is 9.96. The minimum atomic E-state index is 0.861. The van der Waals surface area contributed by atoms with Gasteiger partial charge < -0.3 is 14.2 Å². The number of hydrogen-bond acceptors (Lipinski definition) is 3. The maximum Gasteiger partial charge on any atom is 0.159 e. The van der Waals surface area contributed by atoms with Crippen LogP contribution >= 0.6 is 0 Å². The van der Waals surface area contributed by atoms with Gasteiger partial charge in [-0.3, -0.25) is 0 Å². The molecular weight excluding hydrogens is 621 g/mol. The van der Waals surface area contributed by atoms with Gasteiger partial charge in [0.25, 0.3) is 0 Å². The molecule has 8 aromatic carbocycles. The lowest BCUT2D eigenvalue weighted by molar-refractivity contribution is 0.669. The van der Waals surface area contributed by atoms with Crippen molar-refractivity contribution in [3.63, 3.8) is 0 Å². The van der Waals surface area contributed by atoms with Crippen molar-refractivity contribution in [2.24, 2.45) is 0 Å². The van der Waals surface area contributed by atoms with Crippen LogP contribution in [0.3, 0.4) is 0 Å². The van der Waals surface area contributed by atoms with Crippen LogP contribution in [0.5, 0.6) is 0 Å². The summed E-state index contributed by atoms with van der Waals surface area (Å²) < 4.78 is 7.00. The smallest absolute Gasteiger partial charge is 0.159 e. The Balaban J connectivity index is 1.25. The van der Waals surface area contributed by atoms with Crippen LogP contribution in [0.4, 0.5) is 34.1 Å². The van der Waals surface area contributed by atoms with Crippen molar-refractivity contribution in [3.8, 4) is 33.4 Å². The third-order valence-electron chi connectivity index (χ3n) is 9.96. The first-order valence-corrected chi connectivity index (χ1v) is 17.3. The highest BCUT2D eigenvalue weighted by atomic mass is 16.3. The van der Waals surface area contributed by atoms with Crippen LogP contribution < -0.4 is 9.80 Å². The zero-order valence-corrected chi connectivity index (χ0v) is 27.8. The molecule has 4 bridgehead atoms. The molecule has 0 aliphatic carbocycles. The topological polar surface area (TPSA) is 19.6 Å². The van der Waals surface area contributed by atoms with Gasteiger partial charge in [-0.2, -0.15) is 0 Å². The van der Waals surface area contributed by atoms with E-state index in [-0.39, 0.29) is 0 Å². The summed E-state index contributed by atoms with van der Waals surface area (Å²) in [4.78, 5) is 4.69. The van der Waals surface area contributed by atoms with E-state index >= 15 is 0 Å². The normalized spacial score (nSPS) is 12.2. The molecule has 2 heterocycles. The quantitative estimate of drug-likeness (QED) is 0.184. The minimum absolute atomic E-state index is 0.861. The van der Waals surface area contributed by atoms with Crippen LogP contribution in [-0.4, -0.2) is 0 Å². The molecular formula is C48H32N2O. The van der Waals surface area contributed by atoms with Crippen molar-refractivity contribution >= 4 is 56.1 Å². The molecule has 240 valence electrons. The van der Waals surface area contributed by atoms with Gasteiger partial charge in [0, 0.05) is 33.5 Å². The molecule has 0 fully saturated rings. The Morgan fingerprint density at radius 2 is 0.647 bits per heavy atom. The highest BCUT2D eigenvalue weighted by molar-refractivity contribution is 6.14. The first kappa shape index (κ1) is 29.1. The van der Waals surface area contributed by atoms with E-state index in [0.717, 1.165) is 67.2 Å². The van der Waals surface area contributed by atoms with E-state index < -0.39 is 0 Å². The van der Waals surface area contributed by atoms with Crippen molar-refractivity contribution in [2.45, 2.75) is 0 Å². The molecule has 0 unspecified atom stereocenters. The molecule has 9 aromatic rings. The maximum absolute atomic E-state index is 7.00. The number of anilines is 6. The van der Waals surface area contributed by atoms with Crippen LogP contribution in [0.2, 0.25) is 0 Å². The Morgan fingerprint density at radius 1 is 0.275 bits per heavy atom. The summed E-state index contributed by atoms with van der Waals surface area (Å²) in [5.41, 5.74) is 15.0. The number of nitrogens with zero attached hydrogens (tertiary/aromatic N) is 2. The minimum Gasteiger partial charge on any atom is -0.452 e. The molecule has 1 aliphatic heterocycles. The number of fused-ring (bicyclic) bond motifs is 3. The molecule has 3 heteroatoms. The fourth-order valence-corrected chi connectivity index (χ4v) is 7.51. The van der Waals surface area contributed by atoms with E-state index in [0.29, 0.717) is 0 Å². The Hall–Kier alpha value is -6.84. The Morgan fingerprint density at radius 3 is 1.06 bits per heavy atom. The summed E-state index contributed by atoms with van der Waals surface area (Å²) in [6.07, 6.45) is 0. The Bertz CT molecular complexity index is 2500. The zero-order chi connectivity index (χ0) is 33.7. The third kappa shape index (κ3) is 4.98. The molecule has 3 nitrogen and oxygen atoms in total. The van der Waals surface area contributed by atoms with Crippen LogP contribution in [-0.2, 0) is 0 Å². The fourth-order valence-electron chi connectivity index (χ4n) is 7.51. The molecule has 0 atom stereocenters. The highest BCUT2D eigenvalue weighted by Gasteiger charge is 2.26. The Kier molecular flexibility index (Phi) is 6.81. The molecule has 51 heavy (non-hydrogen) atoms. The van der Waals surface area contributed by atoms with Gasteiger partial charge in [0.15, 0.2) is 11.2 Å². The standard InChI is InChI=1S/C48H32N2O/c1-4-12-33(13-5-1)36-22-26-39(27-23-36)49-41-30-38(35-16-8-3-9-17-35)31-42(32-41)50(40-28-24-37(25-29-40)34-14-6-2-7-15-34)46-21-11-19-44-43-18-10-20-45(49)47(43)51-48(44)46/h1-32H. The van der Waals surface area contributed by atoms with Crippen molar-refractivity contribution in [3.05, 3.63) is 194 Å². The lowest BCUT2D eigenvalue weighted by Crippen LogP contribution is -2.14. The van der Waals surface area contributed by atoms with Gasteiger partial charge in [-0.15, -0.1) is 0 Å². The van der Waals surface area contributed by atoms with Gasteiger partial charge in [-0.05, 0) is 88.0 Å². The summed E-state index contributed by atoms with van der Waals surface area (Å²) in [7, 11) is 0. The van der Waals surface area contributed by atoms with Gasteiger partial charge >= 0.3 is 0 Å². The van der Waals surface area contributed by atoms with Crippen LogP contribution in [0.15, 0.2) is 199 Å². The molecule has 10 rings (SSSR count). The Labute approximate surface area is 296 Å². The van der Waals surface area contributed by atoms with Crippen molar-refractivity contribution in [1.29, 1.82) is 0 Å². The molecule has 0 saturated heterocycles. The van der Waals surface area contributed by atoms with Crippen LogP contribution in [0.1, 0.15) is 0 Å². The first-order valence-electron chi connectivity index (χ1n) is 17.3. The van der Waals surface area contributed by atoms with Gasteiger partial charge in [0.2, 0.25) is 0 Å². The van der Waals surface area contributed by atoms with Gasteiger partial charge in [0.1, 0.15) is 0 Å². The molecule has 0 spiro atoms. The van der Waals surface area contributed by atoms with Crippen LogP contribution in [0.25, 0.3) is 55.3 Å². The number of furan rings is 1. The van der Waals surface area contributed by atoms with E-state index in [9.17, 15) is 0 Å². The predicted molar refractivity (Wildman–Crippen MR) is 213 cm³/mol. The molecule has 1 aliphatic rings. The van der Waals surface area contributed by atoms with E-state index in [4.69, 9.17) is 4.42 Å². The van der Waals surface area contributed by atoms with Crippen LogP contribution in [0, 0.1) is 0 Å². The molecule has 0 N–H and O–H groups in total. The van der Waals surface area contributed by atoms with E-state index in [2.05, 4.69) is 204 Å².